The molecule has 1 heterocycles. The molecule has 3 nitrogen and oxygen atoms in total. The van der Waals surface area contributed by atoms with Gasteiger partial charge in [0, 0.05) is 22.0 Å². The number of hydrogen-bond donors (Lipinski definition) is 1. The molecule has 24 heavy (non-hydrogen) atoms. The highest BCUT2D eigenvalue weighted by Crippen LogP contribution is 2.34. The van der Waals surface area contributed by atoms with Crippen molar-refractivity contribution in [1.29, 1.82) is 0 Å². The van der Waals surface area contributed by atoms with Crippen molar-refractivity contribution in [2.75, 3.05) is 5.32 Å². The second kappa shape index (κ2) is 6.57. The minimum atomic E-state index is 0.0294. The number of benzene rings is 2. The monoisotopic (exact) mass is 334 g/mol. The lowest BCUT2D eigenvalue weighted by molar-refractivity contribution is -0.120. The van der Waals surface area contributed by atoms with Crippen molar-refractivity contribution in [3.05, 3.63) is 71.2 Å². The van der Waals surface area contributed by atoms with Gasteiger partial charge < -0.3 is 5.32 Å². The summed E-state index contributed by atoms with van der Waals surface area (Å²) < 4.78 is 0. The maximum atomic E-state index is 12.5. The molecule has 0 radical (unpaired) electrons. The van der Waals surface area contributed by atoms with Gasteiger partial charge in [0.15, 0.2) is 0 Å². The summed E-state index contributed by atoms with van der Waals surface area (Å²) >= 11 is 1.72. The Morgan fingerprint density at radius 2 is 1.75 bits per heavy atom. The van der Waals surface area contributed by atoms with Crippen LogP contribution in [-0.4, -0.2) is 10.9 Å². The second-order valence-corrected chi connectivity index (χ2v) is 7.13. The first kappa shape index (κ1) is 15.1. The molecule has 1 atom stereocenters. The van der Waals surface area contributed by atoms with Crippen LogP contribution in [-0.2, 0) is 17.6 Å². The third-order valence-electron chi connectivity index (χ3n) is 4.37. The highest BCUT2D eigenvalue weighted by Gasteiger charge is 2.27. The molecule has 2 aromatic carbocycles. The van der Waals surface area contributed by atoms with Crippen LogP contribution in [0.3, 0.4) is 0 Å². The fourth-order valence-corrected chi connectivity index (χ4v) is 4.26. The predicted octanol–water partition coefficient (Wildman–Crippen LogP) is 4.55. The maximum absolute atomic E-state index is 12.5. The van der Waals surface area contributed by atoms with E-state index in [9.17, 15) is 4.79 Å². The first-order chi connectivity index (χ1) is 11.8. The van der Waals surface area contributed by atoms with E-state index >= 15 is 0 Å². The Morgan fingerprint density at radius 1 is 1.04 bits per heavy atom. The van der Waals surface area contributed by atoms with Gasteiger partial charge in [0.25, 0.3) is 0 Å². The third kappa shape index (κ3) is 3.10. The minimum Gasteiger partial charge on any atom is -0.326 e. The highest BCUT2D eigenvalue weighted by molar-refractivity contribution is 7.15. The van der Waals surface area contributed by atoms with E-state index in [-0.39, 0.29) is 11.8 Å². The zero-order valence-electron chi connectivity index (χ0n) is 13.2. The van der Waals surface area contributed by atoms with E-state index in [2.05, 4.69) is 17.4 Å². The van der Waals surface area contributed by atoms with Crippen LogP contribution >= 0.6 is 11.3 Å². The number of carbonyl (C=O) groups excluding carboxylic acids is 1. The maximum Gasteiger partial charge on any atom is 0.227 e. The summed E-state index contributed by atoms with van der Waals surface area (Å²) in [5.41, 5.74) is 3.19. The predicted molar refractivity (Wildman–Crippen MR) is 98.1 cm³/mol. The summed E-state index contributed by atoms with van der Waals surface area (Å²) in [5.74, 6) is 0.142. The molecule has 0 saturated carbocycles. The second-order valence-electron chi connectivity index (χ2n) is 6.05. The smallest absolute Gasteiger partial charge is 0.227 e. The van der Waals surface area contributed by atoms with Gasteiger partial charge in [0.1, 0.15) is 5.01 Å². The quantitative estimate of drug-likeness (QED) is 0.763. The topological polar surface area (TPSA) is 42.0 Å². The van der Waals surface area contributed by atoms with Crippen molar-refractivity contribution in [2.45, 2.75) is 19.3 Å². The SMILES string of the molecule is O=C(Nc1ccccc1)C1CCc2nc(-c3ccccc3)sc2C1. The van der Waals surface area contributed by atoms with Crippen LogP contribution in [0.4, 0.5) is 5.69 Å². The Hall–Kier alpha value is -2.46. The molecule has 0 aliphatic heterocycles. The van der Waals surface area contributed by atoms with Crippen LogP contribution < -0.4 is 5.32 Å². The number of amides is 1. The first-order valence-corrected chi connectivity index (χ1v) is 9.01. The number of hydrogen-bond acceptors (Lipinski definition) is 3. The molecule has 0 spiro atoms. The Morgan fingerprint density at radius 3 is 2.50 bits per heavy atom. The van der Waals surface area contributed by atoms with Gasteiger partial charge >= 0.3 is 0 Å². The molecule has 1 unspecified atom stereocenters. The summed E-state index contributed by atoms with van der Waals surface area (Å²) in [6, 6.07) is 19.9. The van der Waals surface area contributed by atoms with Crippen LogP contribution in [0.15, 0.2) is 60.7 Å². The first-order valence-electron chi connectivity index (χ1n) is 8.19. The molecule has 1 N–H and O–H groups in total. The summed E-state index contributed by atoms with van der Waals surface area (Å²) in [7, 11) is 0. The van der Waals surface area contributed by atoms with Gasteiger partial charge in [-0.25, -0.2) is 4.98 Å². The largest absolute Gasteiger partial charge is 0.326 e. The number of aryl methyl sites for hydroxylation is 1. The van der Waals surface area contributed by atoms with Crippen molar-refractivity contribution in [2.24, 2.45) is 5.92 Å². The number of fused-ring (bicyclic) bond motifs is 1. The molecule has 3 aromatic rings. The van der Waals surface area contributed by atoms with Gasteiger partial charge in [0.05, 0.1) is 5.69 Å². The van der Waals surface area contributed by atoms with Crippen LogP contribution in [0.25, 0.3) is 10.6 Å². The molecule has 4 heteroatoms. The Labute approximate surface area is 145 Å². The molecular formula is C20H18N2OS. The van der Waals surface area contributed by atoms with Crippen LogP contribution in [0, 0.1) is 5.92 Å². The zero-order valence-corrected chi connectivity index (χ0v) is 14.1. The molecule has 4 rings (SSSR count). The fourth-order valence-electron chi connectivity index (χ4n) is 3.07. The Balaban J connectivity index is 1.50. The average molecular weight is 334 g/mol. The van der Waals surface area contributed by atoms with Gasteiger partial charge in [-0.15, -0.1) is 11.3 Å². The van der Waals surface area contributed by atoms with E-state index in [0.717, 1.165) is 35.5 Å². The summed E-state index contributed by atoms with van der Waals surface area (Å²) in [6.07, 6.45) is 2.54. The summed E-state index contributed by atoms with van der Waals surface area (Å²) in [4.78, 5) is 18.6. The summed E-state index contributed by atoms with van der Waals surface area (Å²) in [6.45, 7) is 0. The van der Waals surface area contributed by atoms with E-state index in [4.69, 9.17) is 4.98 Å². The van der Waals surface area contributed by atoms with E-state index in [0.29, 0.717) is 0 Å². The minimum absolute atomic E-state index is 0.0294. The fraction of sp³-hybridized carbons (Fsp3) is 0.200. The molecule has 1 aliphatic carbocycles. The van der Waals surface area contributed by atoms with Gasteiger partial charge in [-0.3, -0.25) is 4.79 Å². The molecule has 1 amide bonds. The highest BCUT2D eigenvalue weighted by atomic mass is 32.1. The van der Waals surface area contributed by atoms with Gasteiger partial charge in [-0.2, -0.15) is 0 Å². The van der Waals surface area contributed by atoms with Crippen molar-refractivity contribution in [3.8, 4) is 10.6 Å². The van der Waals surface area contributed by atoms with Crippen LogP contribution in [0.1, 0.15) is 17.0 Å². The normalized spacial score (nSPS) is 16.4. The number of nitrogens with zero attached hydrogens (tertiary/aromatic N) is 1. The van der Waals surface area contributed by atoms with Gasteiger partial charge in [-0.1, -0.05) is 48.5 Å². The number of para-hydroxylation sites is 1. The molecule has 1 aromatic heterocycles. The molecule has 0 bridgehead atoms. The Bertz CT molecular complexity index is 843. The lowest BCUT2D eigenvalue weighted by Gasteiger charge is -2.20. The molecule has 120 valence electrons. The van der Waals surface area contributed by atoms with E-state index < -0.39 is 0 Å². The van der Waals surface area contributed by atoms with Crippen LogP contribution in [0.2, 0.25) is 0 Å². The van der Waals surface area contributed by atoms with Gasteiger partial charge in [0.2, 0.25) is 5.91 Å². The van der Waals surface area contributed by atoms with Gasteiger partial charge in [-0.05, 0) is 31.4 Å². The standard InChI is InChI=1S/C20H18N2OS/c23-19(21-16-9-5-2-6-10-16)15-11-12-17-18(13-15)24-20(22-17)14-7-3-1-4-8-14/h1-10,15H,11-13H2,(H,21,23). The van der Waals surface area contributed by atoms with E-state index in [1.54, 1.807) is 11.3 Å². The average Bonchev–Trinajstić information content (AvgIpc) is 3.06. The molecule has 1 aliphatic rings. The molecule has 0 fully saturated rings. The summed E-state index contributed by atoms with van der Waals surface area (Å²) in [5, 5.41) is 4.09. The lowest BCUT2D eigenvalue weighted by Crippen LogP contribution is -2.27. The number of nitrogens with one attached hydrogen (secondary N) is 1. The number of rotatable bonds is 3. The van der Waals surface area contributed by atoms with E-state index in [1.807, 2.05) is 48.5 Å². The molecular weight excluding hydrogens is 316 g/mol. The third-order valence-corrected chi connectivity index (χ3v) is 5.54. The van der Waals surface area contributed by atoms with Crippen molar-refractivity contribution in [1.82, 2.24) is 4.98 Å². The van der Waals surface area contributed by atoms with Crippen molar-refractivity contribution >= 4 is 22.9 Å². The lowest BCUT2D eigenvalue weighted by atomic mass is 9.90. The number of thiazole rings is 1. The van der Waals surface area contributed by atoms with Crippen LogP contribution in [0.5, 0.6) is 0 Å². The number of anilines is 1. The van der Waals surface area contributed by atoms with Crippen molar-refractivity contribution in [3.63, 3.8) is 0 Å². The molecule has 0 saturated heterocycles. The number of carbonyl (C=O) groups is 1. The van der Waals surface area contributed by atoms with E-state index in [1.165, 1.54) is 10.6 Å². The zero-order chi connectivity index (χ0) is 16.4. The Kier molecular flexibility index (Phi) is 4.13. The van der Waals surface area contributed by atoms with Crippen molar-refractivity contribution < 1.29 is 4.79 Å². The number of aromatic nitrogens is 1.